The number of sulfonamides is 1. The van der Waals surface area contributed by atoms with Gasteiger partial charge in [-0.1, -0.05) is 32.9 Å². The third-order valence-corrected chi connectivity index (χ3v) is 6.95. The number of halogens is 1. The molecule has 5 nitrogen and oxygen atoms in total. The maximum absolute atomic E-state index is 12.9. The normalized spacial score (nSPS) is 18.8. The first-order chi connectivity index (χ1) is 12.2. The van der Waals surface area contributed by atoms with E-state index in [0.717, 1.165) is 10.0 Å². The van der Waals surface area contributed by atoms with Gasteiger partial charge in [-0.05, 0) is 57.6 Å². The van der Waals surface area contributed by atoms with Gasteiger partial charge < -0.3 is 4.74 Å². The molecule has 1 fully saturated rings. The van der Waals surface area contributed by atoms with Crippen LogP contribution in [-0.2, 0) is 15.4 Å². The first kappa shape index (κ1) is 19.3. The van der Waals surface area contributed by atoms with Crippen LogP contribution in [0.5, 0.6) is 5.88 Å². The van der Waals surface area contributed by atoms with Gasteiger partial charge in [0.05, 0.1) is 15.9 Å². The SMILES string of the molecule is CC(C)(C)c1ccc(S(=O)(=O)N2CCC(Oc3ncccc3Br)C2)cc1. The highest BCUT2D eigenvalue weighted by Crippen LogP contribution is 2.28. The van der Waals surface area contributed by atoms with E-state index in [1.807, 2.05) is 24.3 Å². The Kier molecular flexibility index (Phi) is 5.42. The van der Waals surface area contributed by atoms with Crippen molar-refractivity contribution < 1.29 is 13.2 Å². The lowest BCUT2D eigenvalue weighted by Crippen LogP contribution is -2.31. The number of ether oxygens (including phenoxy) is 1. The average molecular weight is 439 g/mol. The highest BCUT2D eigenvalue weighted by molar-refractivity contribution is 9.10. The van der Waals surface area contributed by atoms with E-state index >= 15 is 0 Å². The molecule has 0 spiro atoms. The molecule has 0 N–H and O–H groups in total. The van der Waals surface area contributed by atoms with Crippen molar-refractivity contribution in [2.24, 2.45) is 0 Å². The second-order valence-electron chi connectivity index (χ2n) is 7.46. The van der Waals surface area contributed by atoms with Crippen LogP contribution in [0.3, 0.4) is 0 Å². The van der Waals surface area contributed by atoms with Gasteiger partial charge in [-0.3, -0.25) is 0 Å². The van der Waals surface area contributed by atoms with E-state index in [9.17, 15) is 8.42 Å². The summed E-state index contributed by atoms with van der Waals surface area (Å²) in [6.07, 6.45) is 2.09. The lowest BCUT2D eigenvalue weighted by Gasteiger charge is -2.20. The Balaban J connectivity index is 1.72. The second kappa shape index (κ2) is 7.29. The van der Waals surface area contributed by atoms with E-state index in [4.69, 9.17) is 4.74 Å². The molecule has 0 aliphatic carbocycles. The van der Waals surface area contributed by atoms with Crippen LogP contribution in [0.2, 0.25) is 0 Å². The third-order valence-electron chi connectivity index (χ3n) is 4.47. The fraction of sp³-hybridized carbons (Fsp3) is 0.421. The van der Waals surface area contributed by atoms with Crippen molar-refractivity contribution in [2.75, 3.05) is 13.1 Å². The summed E-state index contributed by atoms with van der Waals surface area (Å²) in [7, 11) is -3.52. The summed E-state index contributed by atoms with van der Waals surface area (Å²) in [4.78, 5) is 4.51. The molecule has 1 saturated heterocycles. The molecule has 1 unspecified atom stereocenters. The van der Waals surface area contributed by atoms with Crippen molar-refractivity contribution >= 4 is 26.0 Å². The van der Waals surface area contributed by atoms with E-state index in [1.54, 1.807) is 18.3 Å². The molecular weight excluding hydrogens is 416 g/mol. The molecule has 2 aromatic rings. The zero-order chi connectivity index (χ0) is 18.9. The van der Waals surface area contributed by atoms with Crippen molar-refractivity contribution in [2.45, 2.75) is 43.6 Å². The van der Waals surface area contributed by atoms with E-state index in [2.05, 4.69) is 41.7 Å². The van der Waals surface area contributed by atoms with Crippen molar-refractivity contribution in [3.63, 3.8) is 0 Å². The maximum Gasteiger partial charge on any atom is 0.243 e. The molecule has 7 heteroatoms. The molecule has 1 atom stereocenters. The molecule has 0 radical (unpaired) electrons. The third kappa shape index (κ3) is 4.10. The number of nitrogens with zero attached hydrogens (tertiary/aromatic N) is 2. The molecule has 0 saturated carbocycles. The van der Waals surface area contributed by atoms with Crippen LogP contribution in [0.25, 0.3) is 0 Å². The van der Waals surface area contributed by atoms with Gasteiger partial charge in [-0.2, -0.15) is 4.31 Å². The Hall–Kier alpha value is -1.44. The Morgan fingerprint density at radius 1 is 1.19 bits per heavy atom. The maximum atomic E-state index is 12.9. The highest BCUT2D eigenvalue weighted by atomic mass is 79.9. The van der Waals surface area contributed by atoms with E-state index in [-0.39, 0.29) is 11.5 Å². The first-order valence-corrected chi connectivity index (χ1v) is 10.8. The van der Waals surface area contributed by atoms with E-state index in [1.165, 1.54) is 4.31 Å². The molecule has 3 rings (SSSR count). The predicted octanol–water partition coefficient (Wildman–Crippen LogP) is 3.98. The van der Waals surface area contributed by atoms with Gasteiger partial charge in [0, 0.05) is 12.7 Å². The Bertz CT molecular complexity index is 876. The molecule has 1 aromatic carbocycles. The van der Waals surface area contributed by atoms with Gasteiger partial charge >= 0.3 is 0 Å². The number of benzene rings is 1. The molecule has 1 aliphatic heterocycles. The lowest BCUT2D eigenvalue weighted by atomic mass is 9.87. The summed E-state index contributed by atoms with van der Waals surface area (Å²) in [6, 6.07) is 10.8. The van der Waals surface area contributed by atoms with Crippen LogP contribution in [0.4, 0.5) is 0 Å². The number of rotatable bonds is 4. The monoisotopic (exact) mass is 438 g/mol. The largest absolute Gasteiger partial charge is 0.472 e. The minimum Gasteiger partial charge on any atom is -0.472 e. The number of hydrogen-bond donors (Lipinski definition) is 0. The van der Waals surface area contributed by atoms with Crippen LogP contribution in [-0.4, -0.2) is 36.9 Å². The smallest absolute Gasteiger partial charge is 0.243 e. The predicted molar refractivity (Wildman–Crippen MR) is 105 cm³/mol. The molecule has 0 amide bonds. The lowest BCUT2D eigenvalue weighted by molar-refractivity contribution is 0.205. The minimum absolute atomic E-state index is 0.00899. The Morgan fingerprint density at radius 3 is 2.50 bits per heavy atom. The van der Waals surface area contributed by atoms with E-state index < -0.39 is 10.0 Å². The first-order valence-electron chi connectivity index (χ1n) is 8.56. The molecule has 26 heavy (non-hydrogen) atoms. The summed E-state index contributed by atoms with van der Waals surface area (Å²) in [5.41, 5.74) is 1.10. The van der Waals surface area contributed by atoms with Crippen LogP contribution < -0.4 is 4.74 Å². The van der Waals surface area contributed by atoms with Gasteiger partial charge in [-0.25, -0.2) is 13.4 Å². The molecule has 0 bridgehead atoms. The molecule has 2 heterocycles. The highest BCUT2D eigenvalue weighted by Gasteiger charge is 2.34. The second-order valence-corrected chi connectivity index (χ2v) is 10.2. The van der Waals surface area contributed by atoms with E-state index in [0.29, 0.717) is 30.3 Å². The number of hydrogen-bond acceptors (Lipinski definition) is 4. The van der Waals surface area contributed by atoms with Crippen LogP contribution >= 0.6 is 15.9 Å². The summed E-state index contributed by atoms with van der Waals surface area (Å²) >= 11 is 3.40. The average Bonchev–Trinajstić information content (AvgIpc) is 3.06. The summed E-state index contributed by atoms with van der Waals surface area (Å²) < 4.78 is 33.9. The fourth-order valence-electron chi connectivity index (χ4n) is 2.90. The summed E-state index contributed by atoms with van der Waals surface area (Å²) in [5, 5.41) is 0. The topological polar surface area (TPSA) is 59.5 Å². The van der Waals surface area contributed by atoms with Gasteiger partial charge in [0.2, 0.25) is 15.9 Å². The number of aromatic nitrogens is 1. The van der Waals surface area contributed by atoms with Gasteiger partial charge in [0.1, 0.15) is 6.10 Å². The van der Waals surface area contributed by atoms with Crippen molar-refractivity contribution in [3.05, 3.63) is 52.6 Å². The van der Waals surface area contributed by atoms with Crippen LogP contribution in [0.1, 0.15) is 32.8 Å². The van der Waals surface area contributed by atoms with Gasteiger partial charge in [0.15, 0.2) is 0 Å². The quantitative estimate of drug-likeness (QED) is 0.723. The van der Waals surface area contributed by atoms with Crippen molar-refractivity contribution in [1.29, 1.82) is 0 Å². The zero-order valence-corrected chi connectivity index (χ0v) is 17.5. The molecule has 1 aliphatic rings. The summed E-state index contributed by atoms with van der Waals surface area (Å²) in [6.45, 7) is 7.09. The Labute approximate surface area is 163 Å². The zero-order valence-electron chi connectivity index (χ0n) is 15.1. The number of pyridine rings is 1. The Morgan fingerprint density at radius 2 is 1.88 bits per heavy atom. The minimum atomic E-state index is -3.52. The molecular formula is C19H23BrN2O3S. The summed E-state index contributed by atoms with van der Waals surface area (Å²) in [5.74, 6) is 0.492. The van der Waals surface area contributed by atoms with Crippen LogP contribution in [0, 0.1) is 0 Å². The standard InChI is InChI=1S/C19H23BrN2O3S/c1-19(2,3)14-6-8-16(9-7-14)26(23,24)22-12-10-15(13-22)25-18-17(20)5-4-11-21-18/h4-9,11,15H,10,12-13H2,1-3H3. The van der Waals surface area contributed by atoms with Gasteiger partial charge in [0.25, 0.3) is 0 Å². The molecule has 1 aromatic heterocycles. The van der Waals surface area contributed by atoms with Crippen LogP contribution in [0.15, 0.2) is 52.0 Å². The van der Waals surface area contributed by atoms with Gasteiger partial charge in [-0.15, -0.1) is 0 Å². The fourth-order valence-corrected chi connectivity index (χ4v) is 4.74. The van der Waals surface area contributed by atoms with Crippen molar-refractivity contribution in [1.82, 2.24) is 9.29 Å². The van der Waals surface area contributed by atoms with Crippen molar-refractivity contribution in [3.8, 4) is 5.88 Å². The molecule has 140 valence electrons.